The van der Waals surface area contributed by atoms with E-state index in [9.17, 15) is 4.79 Å². The lowest BCUT2D eigenvalue weighted by Gasteiger charge is -2.35. The van der Waals surface area contributed by atoms with Crippen LogP contribution in [0.15, 0.2) is 0 Å². The molecular weight excluding hydrogens is 200 g/mol. The Morgan fingerprint density at radius 3 is 2.50 bits per heavy atom. The van der Waals surface area contributed by atoms with Gasteiger partial charge in [0.1, 0.15) is 0 Å². The van der Waals surface area contributed by atoms with Crippen molar-refractivity contribution in [2.24, 2.45) is 5.92 Å². The van der Waals surface area contributed by atoms with E-state index in [1.807, 2.05) is 0 Å². The number of nitrogens with one attached hydrogen (secondary N) is 1. The van der Waals surface area contributed by atoms with Crippen molar-refractivity contribution >= 4 is 5.91 Å². The Morgan fingerprint density at radius 1 is 1.31 bits per heavy atom. The van der Waals surface area contributed by atoms with Crippen LogP contribution in [0.4, 0.5) is 0 Å². The summed E-state index contributed by atoms with van der Waals surface area (Å²) in [6.45, 7) is 4.93. The van der Waals surface area contributed by atoms with Gasteiger partial charge < -0.3 is 4.90 Å². The Labute approximate surface area is 98.6 Å². The topological polar surface area (TPSA) is 32.3 Å². The molecule has 2 rings (SSSR count). The molecule has 0 aromatic heterocycles. The summed E-state index contributed by atoms with van der Waals surface area (Å²) in [5.41, 5.74) is 0. The number of amides is 1. The van der Waals surface area contributed by atoms with E-state index in [-0.39, 0.29) is 0 Å². The Kier molecular flexibility index (Phi) is 3.85. The molecule has 1 N–H and O–H groups in total. The van der Waals surface area contributed by atoms with Gasteiger partial charge in [-0.15, -0.1) is 0 Å². The average Bonchev–Trinajstić information content (AvgIpc) is 2.91. The minimum absolute atomic E-state index is 0.311. The van der Waals surface area contributed by atoms with Gasteiger partial charge in [0.2, 0.25) is 5.91 Å². The van der Waals surface area contributed by atoms with Gasteiger partial charge >= 0.3 is 0 Å². The van der Waals surface area contributed by atoms with Gasteiger partial charge in [-0.25, -0.2) is 0 Å². The molecule has 2 fully saturated rings. The SMILES string of the molecule is CCC(CC)N1C(=O)CNC1C1CCCC1. The zero-order valence-electron chi connectivity index (χ0n) is 10.5. The van der Waals surface area contributed by atoms with Gasteiger partial charge in [-0.1, -0.05) is 26.7 Å². The first-order valence-corrected chi connectivity index (χ1v) is 6.82. The van der Waals surface area contributed by atoms with E-state index in [2.05, 4.69) is 24.1 Å². The van der Waals surface area contributed by atoms with Crippen molar-refractivity contribution in [1.82, 2.24) is 10.2 Å². The van der Waals surface area contributed by atoms with Gasteiger partial charge in [0, 0.05) is 6.04 Å². The van der Waals surface area contributed by atoms with Crippen molar-refractivity contribution < 1.29 is 4.79 Å². The Balaban J connectivity index is 2.08. The molecule has 0 aromatic carbocycles. The van der Waals surface area contributed by atoms with Crippen molar-refractivity contribution in [3.05, 3.63) is 0 Å². The average molecular weight is 224 g/mol. The number of rotatable bonds is 4. The van der Waals surface area contributed by atoms with Crippen LogP contribution in [-0.2, 0) is 4.79 Å². The fourth-order valence-electron chi connectivity index (χ4n) is 3.32. The second-order valence-electron chi connectivity index (χ2n) is 5.14. The van der Waals surface area contributed by atoms with Gasteiger partial charge in [-0.2, -0.15) is 0 Å². The lowest BCUT2D eigenvalue weighted by Crippen LogP contribution is -2.47. The maximum atomic E-state index is 12.0. The van der Waals surface area contributed by atoms with Crippen LogP contribution < -0.4 is 5.32 Å². The second kappa shape index (κ2) is 5.17. The summed E-state index contributed by atoms with van der Waals surface area (Å²) >= 11 is 0. The molecule has 1 atom stereocenters. The van der Waals surface area contributed by atoms with E-state index in [1.165, 1.54) is 25.7 Å². The largest absolute Gasteiger partial charge is 0.323 e. The first-order valence-electron chi connectivity index (χ1n) is 6.82. The Bertz CT molecular complexity index is 244. The summed E-state index contributed by atoms with van der Waals surface area (Å²) in [5, 5.41) is 3.42. The molecule has 0 aromatic rings. The highest BCUT2D eigenvalue weighted by atomic mass is 16.2. The molecule has 92 valence electrons. The predicted octanol–water partition coefficient (Wildman–Crippen LogP) is 2.12. The molecule has 3 heteroatoms. The highest BCUT2D eigenvalue weighted by Gasteiger charge is 2.39. The Morgan fingerprint density at radius 2 is 1.94 bits per heavy atom. The fraction of sp³-hybridized carbons (Fsp3) is 0.923. The number of hydrogen-bond donors (Lipinski definition) is 1. The minimum Gasteiger partial charge on any atom is -0.323 e. The fourth-order valence-corrected chi connectivity index (χ4v) is 3.32. The zero-order valence-corrected chi connectivity index (χ0v) is 10.5. The third-order valence-corrected chi connectivity index (χ3v) is 4.23. The van der Waals surface area contributed by atoms with Crippen LogP contribution in [0.2, 0.25) is 0 Å². The second-order valence-corrected chi connectivity index (χ2v) is 5.14. The molecule has 16 heavy (non-hydrogen) atoms. The lowest BCUT2D eigenvalue weighted by atomic mass is 10.0. The first-order chi connectivity index (χ1) is 7.77. The normalized spacial score (nSPS) is 27.3. The van der Waals surface area contributed by atoms with E-state index < -0.39 is 0 Å². The minimum atomic E-state index is 0.311. The summed E-state index contributed by atoms with van der Waals surface area (Å²) < 4.78 is 0. The van der Waals surface area contributed by atoms with Crippen molar-refractivity contribution in [3.63, 3.8) is 0 Å². The van der Waals surface area contributed by atoms with Crippen LogP contribution in [0.3, 0.4) is 0 Å². The van der Waals surface area contributed by atoms with E-state index in [0.29, 0.717) is 30.6 Å². The molecule has 1 heterocycles. The maximum Gasteiger partial charge on any atom is 0.238 e. The molecule has 1 saturated heterocycles. The molecule has 1 saturated carbocycles. The van der Waals surface area contributed by atoms with Crippen LogP contribution in [0, 0.1) is 5.92 Å². The highest BCUT2D eigenvalue weighted by molar-refractivity contribution is 5.81. The molecule has 0 spiro atoms. The third kappa shape index (κ3) is 2.10. The smallest absolute Gasteiger partial charge is 0.238 e. The maximum absolute atomic E-state index is 12.0. The number of nitrogens with zero attached hydrogens (tertiary/aromatic N) is 1. The van der Waals surface area contributed by atoms with E-state index >= 15 is 0 Å². The lowest BCUT2D eigenvalue weighted by molar-refractivity contribution is -0.131. The molecule has 1 unspecified atom stereocenters. The van der Waals surface area contributed by atoms with Crippen molar-refractivity contribution in [2.45, 2.75) is 64.6 Å². The van der Waals surface area contributed by atoms with Gasteiger partial charge in [0.05, 0.1) is 12.7 Å². The van der Waals surface area contributed by atoms with Crippen LogP contribution in [0.1, 0.15) is 52.4 Å². The van der Waals surface area contributed by atoms with Crippen LogP contribution in [0.25, 0.3) is 0 Å². The van der Waals surface area contributed by atoms with E-state index in [1.54, 1.807) is 0 Å². The number of carbonyl (C=O) groups excluding carboxylic acids is 1. The van der Waals surface area contributed by atoms with E-state index in [0.717, 1.165) is 12.8 Å². The molecule has 1 aliphatic heterocycles. The predicted molar refractivity (Wildman–Crippen MR) is 65.0 cm³/mol. The van der Waals surface area contributed by atoms with Crippen LogP contribution in [-0.4, -0.2) is 29.6 Å². The molecule has 0 bridgehead atoms. The van der Waals surface area contributed by atoms with Gasteiger partial charge in [-0.05, 0) is 31.6 Å². The van der Waals surface area contributed by atoms with Gasteiger partial charge in [-0.3, -0.25) is 10.1 Å². The molecule has 1 aliphatic carbocycles. The molecule has 2 aliphatic rings. The van der Waals surface area contributed by atoms with Gasteiger partial charge in [0.15, 0.2) is 0 Å². The van der Waals surface area contributed by atoms with Crippen molar-refractivity contribution in [2.75, 3.05) is 6.54 Å². The quantitative estimate of drug-likeness (QED) is 0.793. The first kappa shape index (κ1) is 11.9. The molecule has 3 nitrogen and oxygen atoms in total. The Hall–Kier alpha value is -0.570. The zero-order chi connectivity index (χ0) is 11.5. The van der Waals surface area contributed by atoms with Crippen molar-refractivity contribution in [1.29, 1.82) is 0 Å². The van der Waals surface area contributed by atoms with Crippen molar-refractivity contribution in [3.8, 4) is 0 Å². The highest BCUT2D eigenvalue weighted by Crippen LogP contribution is 2.32. The summed E-state index contributed by atoms with van der Waals surface area (Å²) in [6, 6.07) is 0.438. The standard InChI is InChI=1S/C13H24N2O/c1-3-11(4-2)15-12(16)9-14-13(15)10-7-5-6-8-10/h10-11,13-14H,3-9H2,1-2H3. The molecular formula is C13H24N2O. The monoisotopic (exact) mass is 224 g/mol. The summed E-state index contributed by atoms with van der Waals surface area (Å²) in [5.74, 6) is 1.01. The summed E-state index contributed by atoms with van der Waals surface area (Å²) in [4.78, 5) is 14.1. The van der Waals surface area contributed by atoms with Crippen LogP contribution in [0.5, 0.6) is 0 Å². The van der Waals surface area contributed by atoms with Gasteiger partial charge in [0.25, 0.3) is 0 Å². The third-order valence-electron chi connectivity index (χ3n) is 4.23. The van der Waals surface area contributed by atoms with E-state index in [4.69, 9.17) is 0 Å². The molecule has 1 amide bonds. The summed E-state index contributed by atoms with van der Waals surface area (Å²) in [6.07, 6.45) is 7.75. The number of carbonyl (C=O) groups is 1. The molecule has 0 radical (unpaired) electrons. The summed E-state index contributed by atoms with van der Waals surface area (Å²) in [7, 11) is 0. The number of hydrogen-bond acceptors (Lipinski definition) is 2. The van der Waals surface area contributed by atoms with Crippen LogP contribution >= 0.6 is 0 Å².